The Labute approximate surface area is 233 Å². The Balaban J connectivity index is 1.44. The monoisotopic (exact) mass is 556 g/mol. The third kappa shape index (κ3) is 6.91. The van der Waals surface area contributed by atoms with Gasteiger partial charge in [0, 0.05) is 31.3 Å². The first-order valence-electron chi connectivity index (χ1n) is 14.4. The Morgan fingerprint density at radius 3 is 2.36 bits per heavy atom. The Kier molecular flexibility index (Phi) is 9.86. The van der Waals surface area contributed by atoms with Gasteiger partial charge in [0.15, 0.2) is 9.84 Å². The van der Waals surface area contributed by atoms with E-state index >= 15 is 0 Å². The molecule has 1 aliphatic carbocycles. The highest BCUT2D eigenvalue weighted by Crippen LogP contribution is 2.41. The lowest BCUT2D eigenvalue weighted by atomic mass is 9.86. The van der Waals surface area contributed by atoms with Gasteiger partial charge >= 0.3 is 0 Å². The van der Waals surface area contributed by atoms with Crippen LogP contribution in [0.2, 0.25) is 0 Å². The molecule has 1 aliphatic heterocycles. The van der Waals surface area contributed by atoms with Crippen LogP contribution in [0.4, 0.5) is 0 Å². The number of carbonyl (C=O) groups is 1. The number of amides is 1. The van der Waals surface area contributed by atoms with Gasteiger partial charge in [0.1, 0.15) is 0 Å². The van der Waals surface area contributed by atoms with Gasteiger partial charge in [-0.15, -0.1) is 0 Å². The maximum absolute atomic E-state index is 13.2. The summed E-state index contributed by atoms with van der Waals surface area (Å²) >= 11 is 0. The Bertz CT molecular complexity index is 1220. The van der Waals surface area contributed by atoms with Gasteiger partial charge in [0.05, 0.1) is 29.4 Å². The summed E-state index contributed by atoms with van der Waals surface area (Å²) in [4.78, 5) is 16.0. The van der Waals surface area contributed by atoms with Crippen LogP contribution in [0.5, 0.6) is 0 Å². The first-order chi connectivity index (χ1) is 18.7. The summed E-state index contributed by atoms with van der Waals surface area (Å²) in [6, 6.07) is 12.0. The molecule has 2 atom stereocenters. The Hall–Kier alpha value is -2.26. The van der Waals surface area contributed by atoms with Crippen molar-refractivity contribution >= 4 is 15.7 Å². The topological polar surface area (TPSA) is 95.9 Å². The van der Waals surface area contributed by atoms with E-state index in [9.17, 15) is 18.3 Å². The van der Waals surface area contributed by atoms with Crippen LogP contribution >= 0.6 is 0 Å². The lowest BCUT2D eigenvalue weighted by molar-refractivity contribution is 0.0175. The summed E-state index contributed by atoms with van der Waals surface area (Å²) in [6.07, 6.45) is 5.08. The number of rotatable bonds is 11. The van der Waals surface area contributed by atoms with Crippen LogP contribution in [0, 0.1) is 11.8 Å². The summed E-state index contributed by atoms with van der Waals surface area (Å²) in [7, 11) is -3.31. The average molecular weight is 557 g/mol. The van der Waals surface area contributed by atoms with Crippen LogP contribution < -0.4 is 5.32 Å². The molecule has 0 bridgehead atoms. The molecule has 8 heteroatoms. The zero-order chi connectivity index (χ0) is 28.2. The summed E-state index contributed by atoms with van der Waals surface area (Å²) < 4.78 is 30.1. The van der Waals surface area contributed by atoms with Gasteiger partial charge in [0.25, 0.3) is 5.91 Å². The van der Waals surface area contributed by atoms with Crippen molar-refractivity contribution in [3.8, 4) is 0 Å². The second-order valence-corrected chi connectivity index (χ2v) is 13.6. The van der Waals surface area contributed by atoms with Gasteiger partial charge in [-0.25, -0.2) is 8.42 Å². The third-order valence-corrected chi connectivity index (χ3v) is 10.1. The van der Waals surface area contributed by atoms with Crippen molar-refractivity contribution in [1.82, 2.24) is 10.2 Å². The third-order valence-electron chi connectivity index (χ3n) is 8.32. The van der Waals surface area contributed by atoms with Crippen LogP contribution in [0.25, 0.3) is 0 Å². The number of fused-ring (bicyclic) bond motifs is 1. The molecule has 1 amide bonds. The molecule has 1 saturated carbocycles. The Morgan fingerprint density at radius 1 is 1.08 bits per heavy atom. The minimum atomic E-state index is -3.31. The van der Waals surface area contributed by atoms with Crippen molar-refractivity contribution in [3.63, 3.8) is 0 Å². The molecule has 2 N–H and O–H groups in total. The first-order valence-corrected chi connectivity index (χ1v) is 16.0. The van der Waals surface area contributed by atoms with Crippen LogP contribution in [-0.4, -0.2) is 55.9 Å². The average Bonchev–Trinajstić information content (AvgIpc) is 3.30. The predicted molar refractivity (Wildman–Crippen MR) is 153 cm³/mol. The number of nitrogens with one attached hydrogen (secondary N) is 1. The molecule has 0 unspecified atom stereocenters. The van der Waals surface area contributed by atoms with Crippen LogP contribution in [0.1, 0.15) is 92.5 Å². The zero-order valence-corrected chi connectivity index (χ0v) is 24.5. The van der Waals surface area contributed by atoms with Gasteiger partial charge in [-0.05, 0) is 85.4 Å². The maximum Gasteiger partial charge on any atom is 0.251 e. The van der Waals surface area contributed by atoms with Gasteiger partial charge in [-0.1, -0.05) is 39.0 Å². The second kappa shape index (κ2) is 12.9. The number of nitrogens with zero attached hydrogens (tertiary/aromatic N) is 1. The SMILES string of the molecule is CCOC1CCC(CN2Cc3cc(C(=O)N[C@@H](CO)c4ccc(S(=O)(=O)CC)cc4)ccc3[C@H]2C(C)C)CC1. The molecule has 0 radical (unpaired) electrons. The molecule has 2 aliphatic rings. The summed E-state index contributed by atoms with van der Waals surface area (Å²) in [5.41, 5.74) is 3.72. The van der Waals surface area contributed by atoms with Crippen LogP contribution in [0.15, 0.2) is 47.4 Å². The highest BCUT2D eigenvalue weighted by atomic mass is 32.2. The quantitative estimate of drug-likeness (QED) is 0.402. The zero-order valence-electron chi connectivity index (χ0n) is 23.7. The molecular formula is C31H44N2O5S. The number of hydrogen-bond acceptors (Lipinski definition) is 6. The fraction of sp³-hybridized carbons (Fsp3) is 0.581. The number of aliphatic hydroxyl groups excluding tert-OH is 1. The van der Waals surface area contributed by atoms with Gasteiger partial charge < -0.3 is 15.2 Å². The van der Waals surface area contributed by atoms with Crippen LogP contribution in [-0.2, 0) is 21.1 Å². The molecular weight excluding hydrogens is 512 g/mol. The van der Waals surface area contributed by atoms with E-state index in [4.69, 9.17) is 4.74 Å². The highest BCUT2D eigenvalue weighted by Gasteiger charge is 2.35. The van der Waals surface area contributed by atoms with E-state index in [0.29, 0.717) is 35.1 Å². The molecule has 0 spiro atoms. The molecule has 1 fully saturated rings. The lowest BCUT2D eigenvalue weighted by Crippen LogP contribution is -2.33. The van der Waals surface area contributed by atoms with E-state index in [0.717, 1.165) is 32.5 Å². The molecule has 2 aromatic rings. The van der Waals surface area contributed by atoms with E-state index in [1.165, 1.54) is 36.1 Å². The number of aliphatic hydroxyl groups is 1. The summed E-state index contributed by atoms with van der Waals surface area (Å²) in [6.45, 7) is 10.6. The molecule has 214 valence electrons. The van der Waals surface area contributed by atoms with Crippen molar-refractivity contribution < 1.29 is 23.1 Å². The van der Waals surface area contributed by atoms with E-state index < -0.39 is 15.9 Å². The number of benzene rings is 2. The maximum atomic E-state index is 13.2. The largest absolute Gasteiger partial charge is 0.394 e. The number of hydrogen-bond donors (Lipinski definition) is 2. The van der Waals surface area contributed by atoms with Gasteiger partial charge in [-0.2, -0.15) is 0 Å². The van der Waals surface area contributed by atoms with Crippen molar-refractivity contribution in [1.29, 1.82) is 0 Å². The highest BCUT2D eigenvalue weighted by molar-refractivity contribution is 7.91. The second-order valence-electron chi connectivity index (χ2n) is 11.3. The van der Waals surface area contributed by atoms with E-state index in [1.807, 2.05) is 12.1 Å². The van der Waals surface area contributed by atoms with Crippen molar-refractivity contribution in [3.05, 3.63) is 64.7 Å². The molecule has 4 rings (SSSR count). The van der Waals surface area contributed by atoms with Gasteiger partial charge in [-0.3, -0.25) is 9.69 Å². The first kappa shape index (κ1) is 29.7. The van der Waals surface area contributed by atoms with E-state index in [-0.39, 0.29) is 23.2 Å². The normalized spacial score (nSPS) is 22.6. The fourth-order valence-electron chi connectivity index (χ4n) is 6.24. The summed E-state index contributed by atoms with van der Waals surface area (Å²) in [5.74, 6) is 0.901. The lowest BCUT2D eigenvalue weighted by Gasteiger charge is -2.35. The van der Waals surface area contributed by atoms with Crippen molar-refractivity contribution in [2.45, 2.75) is 83.0 Å². The number of carbonyl (C=O) groups excluding carboxylic acids is 1. The minimum Gasteiger partial charge on any atom is -0.394 e. The molecule has 1 heterocycles. The molecule has 0 saturated heterocycles. The Morgan fingerprint density at radius 2 is 1.77 bits per heavy atom. The smallest absolute Gasteiger partial charge is 0.251 e. The molecule has 39 heavy (non-hydrogen) atoms. The molecule has 2 aromatic carbocycles. The standard InChI is InChI=1S/C31H44N2O5S/c1-5-38-26-12-7-22(8-13-26)18-33-19-25-17-24(11-16-28(25)30(33)21(3)4)31(35)32-29(20-34)23-9-14-27(15-10-23)39(36,37)6-2/h9-11,14-17,21-22,26,29-30,34H,5-8,12-13,18-20H2,1-4H3,(H,32,35)/t22?,26?,29-,30+/m0/s1. The van der Waals surface area contributed by atoms with Crippen molar-refractivity contribution in [2.75, 3.05) is 25.5 Å². The molecule has 0 aromatic heterocycles. The minimum absolute atomic E-state index is 0.0228. The fourth-order valence-corrected chi connectivity index (χ4v) is 7.13. The van der Waals surface area contributed by atoms with Crippen LogP contribution in [0.3, 0.4) is 0 Å². The number of ether oxygens (including phenoxy) is 1. The number of sulfone groups is 1. The van der Waals surface area contributed by atoms with Gasteiger partial charge in [0.2, 0.25) is 0 Å². The van der Waals surface area contributed by atoms with E-state index in [1.54, 1.807) is 19.1 Å². The molecule has 7 nitrogen and oxygen atoms in total. The predicted octanol–water partition coefficient (Wildman–Crippen LogP) is 5.05. The van der Waals surface area contributed by atoms with E-state index in [2.05, 4.69) is 37.1 Å². The summed E-state index contributed by atoms with van der Waals surface area (Å²) in [5, 5.41) is 12.9. The van der Waals surface area contributed by atoms with Crippen molar-refractivity contribution in [2.24, 2.45) is 11.8 Å².